The number of nitrogens with zero attached hydrogens (tertiary/aromatic N) is 2. The van der Waals surface area contributed by atoms with Crippen LogP contribution in [0.5, 0.6) is 0 Å². The molecule has 5 nitrogen and oxygen atoms in total. The van der Waals surface area contributed by atoms with Crippen molar-refractivity contribution in [1.82, 2.24) is 9.80 Å². The van der Waals surface area contributed by atoms with Gasteiger partial charge in [0.15, 0.2) is 0 Å². The van der Waals surface area contributed by atoms with Crippen molar-refractivity contribution in [2.24, 2.45) is 5.41 Å². The highest BCUT2D eigenvalue weighted by atomic mass is 35.5. The fourth-order valence-corrected chi connectivity index (χ4v) is 4.43. The summed E-state index contributed by atoms with van der Waals surface area (Å²) in [6.45, 7) is 5.44. The van der Waals surface area contributed by atoms with Crippen LogP contribution in [0.4, 0.5) is 18.0 Å². The predicted octanol–water partition coefficient (Wildman–Crippen LogP) is 5.26. The Morgan fingerprint density at radius 3 is 2.21 bits per heavy atom. The van der Waals surface area contributed by atoms with E-state index in [0.717, 1.165) is 7.05 Å². The van der Waals surface area contributed by atoms with Gasteiger partial charge in [0.25, 0.3) is 0 Å². The Hall–Kier alpha value is -1.67. The summed E-state index contributed by atoms with van der Waals surface area (Å²) >= 11 is 12.1. The van der Waals surface area contributed by atoms with Crippen molar-refractivity contribution >= 4 is 35.2 Å². The topological polar surface area (TPSA) is 60.9 Å². The number of carbonyl (C=O) groups excluding carboxylic acids is 1. The van der Waals surface area contributed by atoms with Crippen LogP contribution >= 0.6 is 23.2 Å². The van der Waals surface area contributed by atoms with E-state index in [0.29, 0.717) is 10.5 Å². The van der Waals surface area contributed by atoms with Gasteiger partial charge in [-0.1, -0.05) is 50.0 Å². The van der Waals surface area contributed by atoms with Crippen LogP contribution in [-0.2, 0) is 4.79 Å². The molecule has 1 aliphatic heterocycles. The molecule has 1 saturated heterocycles. The van der Waals surface area contributed by atoms with Gasteiger partial charge in [-0.15, -0.1) is 0 Å². The number of amides is 2. The third-order valence-corrected chi connectivity index (χ3v) is 6.02. The Balaban J connectivity index is 2.64. The molecule has 0 aliphatic carbocycles. The molecule has 1 fully saturated rings. The molecule has 3 atom stereocenters. The molecule has 0 bridgehead atoms. The number of likely N-dealkylation sites (N-methyl/N-ethyl adjacent to an activating group) is 1. The quantitative estimate of drug-likeness (QED) is 0.662. The molecule has 1 N–H and O–H groups in total. The molecule has 0 saturated carbocycles. The minimum atomic E-state index is -5.03. The number of rotatable bonds is 2. The molecule has 162 valence electrons. The molecule has 0 spiro atoms. The zero-order valence-corrected chi connectivity index (χ0v) is 17.9. The first-order valence-corrected chi connectivity index (χ1v) is 9.70. The van der Waals surface area contributed by atoms with Crippen LogP contribution in [0.3, 0.4) is 0 Å². The molecule has 1 aromatic rings. The van der Waals surface area contributed by atoms with E-state index < -0.39 is 41.6 Å². The normalized spacial score (nSPS) is 23.1. The van der Waals surface area contributed by atoms with Gasteiger partial charge in [0, 0.05) is 31.6 Å². The molecule has 10 heteroatoms. The lowest BCUT2D eigenvalue weighted by Gasteiger charge is -2.52. The van der Waals surface area contributed by atoms with Gasteiger partial charge in [0.1, 0.15) is 0 Å². The summed E-state index contributed by atoms with van der Waals surface area (Å²) in [5.74, 6) is -2.70. The molecule has 1 aromatic carbocycles. The first-order chi connectivity index (χ1) is 13.2. The highest BCUT2D eigenvalue weighted by molar-refractivity contribution is 6.42. The summed E-state index contributed by atoms with van der Waals surface area (Å²) < 4.78 is 39.3. The van der Waals surface area contributed by atoms with Crippen molar-refractivity contribution in [3.63, 3.8) is 0 Å². The molecule has 2 amide bonds. The van der Waals surface area contributed by atoms with Crippen LogP contribution in [0, 0.1) is 5.41 Å². The second-order valence-electron chi connectivity index (χ2n) is 8.26. The summed E-state index contributed by atoms with van der Waals surface area (Å²) in [5, 5.41) is 10.2. The Bertz CT molecular complexity index is 796. The minimum absolute atomic E-state index is 0.00916. The van der Waals surface area contributed by atoms with E-state index in [1.54, 1.807) is 6.07 Å². The predicted molar refractivity (Wildman–Crippen MR) is 104 cm³/mol. The number of carboxylic acid groups (broad SMARTS) is 1. The van der Waals surface area contributed by atoms with E-state index in [1.807, 2.05) is 20.8 Å². The second kappa shape index (κ2) is 8.22. The molecule has 1 aliphatic rings. The summed E-state index contributed by atoms with van der Waals surface area (Å²) in [4.78, 5) is 25.8. The number of hydrogen-bond acceptors (Lipinski definition) is 2. The Labute approximate surface area is 177 Å². The maximum Gasteiger partial charge on any atom is 0.471 e. The van der Waals surface area contributed by atoms with E-state index in [9.17, 15) is 27.9 Å². The van der Waals surface area contributed by atoms with E-state index in [1.165, 1.54) is 17.0 Å². The molecule has 0 aromatic heterocycles. The van der Waals surface area contributed by atoms with Crippen molar-refractivity contribution in [3.8, 4) is 0 Å². The largest absolute Gasteiger partial charge is 0.471 e. The van der Waals surface area contributed by atoms with Crippen molar-refractivity contribution in [2.45, 2.75) is 51.4 Å². The maximum atomic E-state index is 13.1. The maximum absolute atomic E-state index is 13.1. The average Bonchev–Trinajstić information content (AvgIpc) is 2.59. The van der Waals surface area contributed by atoms with Crippen LogP contribution in [0.2, 0.25) is 10.0 Å². The summed E-state index contributed by atoms with van der Waals surface area (Å²) in [7, 11) is 1.10. The highest BCUT2D eigenvalue weighted by Crippen LogP contribution is 2.45. The number of piperidine rings is 1. The monoisotopic (exact) mass is 454 g/mol. The number of halogens is 5. The lowest BCUT2D eigenvalue weighted by molar-refractivity contribution is -0.188. The SMILES string of the molecule is CN(C(=O)C(F)(F)F)[C@@H]1CCN(C(=O)O)C(C(C)(C)C)[C@@H]1c1ccc(Cl)c(Cl)c1. The molecule has 29 heavy (non-hydrogen) atoms. The number of hydrogen-bond donors (Lipinski definition) is 1. The Morgan fingerprint density at radius 1 is 1.17 bits per heavy atom. The molecule has 1 heterocycles. The van der Waals surface area contributed by atoms with Crippen molar-refractivity contribution in [2.75, 3.05) is 13.6 Å². The van der Waals surface area contributed by atoms with Crippen LogP contribution in [0.15, 0.2) is 18.2 Å². The first kappa shape index (κ1) is 23.6. The highest BCUT2D eigenvalue weighted by Gasteiger charge is 2.51. The van der Waals surface area contributed by atoms with E-state index in [-0.39, 0.29) is 23.0 Å². The lowest BCUT2D eigenvalue weighted by atomic mass is 9.69. The third kappa shape index (κ3) is 4.91. The van der Waals surface area contributed by atoms with Gasteiger partial charge in [-0.2, -0.15) is 13.2 Å². The zero-order valence-electron chi connectivity index (χ0n) is 16.4. The fourth-order valence-electron chi connectivity index (χ4n) is 4.12. The summed E-state index contributed by atoms with van der Waals surface area (Å²) in [5.41, 5.74) is -0.104. The van der Waals surface area contributed by atoms with Gasteiger partial charge < -0.3 is 14.9 Å². The van der Waals surface area contributed by atoms with Crippen LogP contribution in [0.1, 0.15) is 38.7 Å². The lowest BCUT2D eigenvalue weighted by Crippen LogP contribution is -2.61. The van der Waals surface area contributed by atoms with Gasteiger partial charge in [-0.05, 0) is 29.5 Å². The smallest absolute Gasteiger partial charge is 0.465 e. The van der Waals surface area contributed by atoms with Gasteiger partial charge >= 0.3 is 18.2 Å². The van der Waals surface area contributed by atoms with Crippen LogP contribution in [0.25, 0.3) is 0 Å². The molecular formula is C19H23Cl2F3N2O3. The molecule has 2 rings (SSSR count). The Morgan fingerprint density at radius 2 is 1.76 bits per heavy atom. The van der Waals surface area contributed by atoms with Crippen LogP contribution in [-0.4, -0.2) is 58.8 Å². The van der Waals surface area contributed by atoms with Gasteiger partial charge in [-0.3, -0.25) is 4.79 Å². The van der Waals surface area contributed by atoms with Crippen LogP contribution < -0.4 is 0 Å². The van der Waals surface area contributed by atoms with Gasteiger partial charge in [-0.25, -0.2) is 4.79 Å². The number of alkyl halides is 3. The fraction of sp³-hybridized carbons (Fsp3) is 0.579. The van der Waals surface area contributed by atoms with E-state index >= 15 is 0 Å². The average molecular weight is 455 g/mol. The van der Waals surface area contributed by atoms with Gasteiger partial charge in [0.2, 0.25) is 0 Å². The van der Waals surface area contributed by atoms with Gasteiger partial charge in [0.05, 0.1) is 10.0 Å². The summed E-state index contributed by atoms with van der Waals surface area (Å²) in [6.07, 6.45) is -6.14. The Kier molecular flexibility index (Phi) is 6.69. The van der Waals surface area contributed by atoms with E-state index in [2.05, 4.69) is 0 Å². The minimum Gasteiger partial charge on any atom is -0.465 e. The molecular weight excluding hydrogens is 432 g/mol. The standard InChI is InChI=1S/C19H23Cl2F3N2O3/c1-18(2,3)15-14(10-5-6-11(20)12(21)9-10)13(7-8-26(15)17(28)29)25(4)16(27)19(22,23)24/h5-6,9,13-15H,7-8H2,1-4H3,(H,28,29)/t13-,14-,15?/m1/s1. The number of benzene rings is 1. The van der Waals surface area contributed by atoms with Crippen molar-refractivity contribution in [1.29, 1.82) is 0 Å². The number of likely N-dealkylation sites (tertiary alicyclic amines) is 1. The van der Waals surface area contributed by atoms with Crippen molar-refractivity contribution < 1.29 is 27.9 Å². The van der Waals surface area contributed by atoms with E-state index in [4.69, 9.17) is 23.2 Å². The first-order valence-electron chi connectivity index (χ1n) is 8.94. The second-order valence-corrected chi connectivity index (χ2v) is 9.07. The molecule has 1 unspecified atom stereocenters. The molecule has 0 radical (unpaired) electrons. The summed E-state index contributed by atoms with van der Waals surface area (Å²) in [6, 6.07) is 3.08. The van der Waals surface area contributed by atoms with Crippen molar-refractivity contribution in [3.05, 3.63) is 33.8 Å². The third-order valence-electron chi connectivity index (χ3n) is 5.28. The number of carbonyl (C=O) groups is 2. The zero-order chi connectivity index (χ0) is 22.3.